The lowest BCUT2D eigenvalue weighted by molar-refractivity contribution is -0.126. The SMILES string of the molecule is O=C(NCC1CCCN(Cc2ccccc2)C1)C1CCN(C(=O)c2ccc(Br)cc2)CC1. The van der Waals surface area contributed by atoms with E-state index < -0.39 is 0 Å². The second kappa shape index (κ2) is 11.1. The summed E-state index contributed by atoms with van der Waals surface area (Å²) in [6.07, 6.45) is 3.83. The number of hydrogen-bond acceptors (Lipinski definition) is 3. The van der Waals surface area contributed by atoms with E-state index in [1.165, 1.54) is 18.4 Å². The van der Waals surface area contributed by atoms with Gasteiger partial charge in [-0.25, -0.2) is 0 Å². The molecule has 170 valence electrons. The second-order valence-electron chi connectivity index (χ2n) is 9.05. The van der Waals surface area contributed by atoms with Crippen molar-refractivity contribution in [2.24, 2.45) is 11.8 Å². The number of hydrogen-bond donors (Lipinski definition) is 1. The van der Waals surface area contributed by atoms with Crippen LogP contribution in [0.2, 0.25) is 0 Å². The van der Waals surface area contributed by atoms with Crippen molar-refractivity contribution < 1.29 is 9.59 Å². The largest absolute Gasteiger partial charge is 0.356 e. The highest BCUT2D eigenvalue weighted by molar-refractivity contribution is 9.10. The smallest absolute Gasteiger partial charge is 0.253 e. The fourth-order valence-electron chi connectivity index (χ4n) is 4.81. The summed E-state index contributed by atoms with van der Waals surface area (Å²) < 4.78 is 0.964. The number of carbonyl (C=O) groups excluding carboxylic acids is 2. The quantitative estimate of drug-likeness (QED) is 0.645. The summed E-state index contributed by atoms with van der Waals surface area (Å²) in [4.78, 5) is 29.8. The maximum Gasteiger partial charge on any atom is 0.253 e. The molecule has 0 aliphatic carbocycles. The van der Waals surface area contributed by atoms with Crippen molar-refractivity contribution in [1.82, 2.24) is 15.1 Å². The minimum absolute atomic E-state index is 0.00739. The lowest BCUT2D eigenvalue weighted by Gasteiger charge is -2.34. The number of carbonyl (C=O) groups is 2. The molecule has 4 rings (SSSR count). The summed E-state index contributed by atoms with van der Waals surface area (Å²) in [5.74, 6) is 0.724. The molecule has 2 aliphatic rings. The minimum atomic E-state index is 0.00739. The van der Waals surface area contributed by atoms with Crippen LogP contribution in [0.5, 0.6) is 0 Å². The standard InChI is InChI=1S/C26H32BrN3O2/c27-24-10-8-23(9-11-24)26(32)30-15-12-22(13-16-30)25(31)28-17-21-7-4-14-29(19-21)18-20-5-2-1-3-6-20/h1-3,5-6,8-11,21-22H,4,7,12-19H2,(H,28,31). The third kappa shape index (κ3) is 6.20. The van der Waals surface area contributed by atoms with Gasteiger partial charge in [0.1, 0.15) is 0 Å². The molecular weight excluding hydrogens is 466 g/mol. The minimum Gasteiger partial charge on any atom is -0.356 e. The topological polar surface area (TPSA) is 52.7 Å². The molecule has 6 heteroatoms. The fraction of sp³-hybridized carbons (Fsp3) is 0.462. The molecule has 2 aliphatic heterocycles. The number of nitrogens with one attached hydrogen (secondary N) is 1. The maximum atomic E-state index is 12.8. The van der Waals surface area contributed by atoms with Gasteiger partial charge >= 0.3 is 0 Å². The highest BCUT2D eigenvalue weighted by Crippen LogP contribution is 2.22. The molecule has 2 heterocycles. The molecule has 1 unspecified atom stereocenters. The average Bonchev–Trinajstić information content (AvgIpc) is 2.83. The third-order valence-corrected chi connectivity index (χ3v) is 7.19. The van der Waals surface area contributed by atoms with Crippen molar-refractivity contribution in [3.05, 3.63) is 70.2 Å². The van der Waals surface area contributed by atoms with E-state index in [-0.39, 0.29) is 17.7 Å². The molecule has 0 bridgehead atoms. The first-order valence-corrected chi connectivity index (χ1v) is 12.5. The number of nitrogens with zero attached hydrogens (tertiary/aromatic N) is 2. The van der Waals surface area contributed by atoms with Crippen molar-refractivity contribution in [2.75, 3.05) is 32.7 Å². The number of rotatable bonds is 6. The van der Waals surface area contributed by atoms with Crippen LogP contribution in [0.25, 0.3) is 0 Å². The molecule has 2 aromatic carbocycles. The molecule has 0 aromatic heterocycles. The highest BCUT2D eigenvalue weighted by atomic mass is 79.9. The van der Waals surface area contributed by atoms with Crippen molar-refractivity contribution in [1.29, 1.82) is 0 Å². The van der Waals surface area contributed by atoms with Gasteiger partial charge in [-0.05, 0) is 68.0 Å². The Labute approximate surface area is 199 Å². The summed E-state index contributed by atoms with van der Waals surface area (Å²) >= 11 is 3.40. The zero-order chi connectivity index (χ0) is 22.3. The van der Waals surface area contributed by atoms with Gasteiger partial charge in [-0.15, -0.1) is 0 Å². The van der Waals surface area contributed by atoms with Crippen molar-refractivity contribution in [3.63, 3.8) is 0 Å². The van der Waals surface area contributed by atoms with Gasteiger partial charge in [0.2, 0.25) is 5.91 Å². The molecule has 2 amide bonds. The molecular formula is C26H32BrN3O2. The van der Waals surface area contributed by atoms with Gasteiger partial charge in [0.15, 0.2) is 0 Å². The van der Waals surface area contributed by atoms with Gasteiger partial charge in [-0.3, -0.25) is 14.5 Å². The Balaban J connectivity index is 1.19. The molecule has 2 saturated heterocycles. The number of amides is 2. The monoisotopic (exact) mass is 497 g/mol. The van der Waals surface area contributed by atoms with E-state index in [1.54, 1.807) is 0 Å². The summed E-state index contributed by atoms with van der Waals surface area (Å²) in [5.41, 5.74) is 2.05. The lowest BCUT2D eigenvalue weighted by Crippen LogP contribution is -2.45. The second-order valence-corrected chi connectivity index (χ2v) is 9.96. The number of benzene rings is 2. The number of piperidine rings is 2. The van der Waals surface area contributed by atoms with Gasteiger partial charge in [0.05, 0.1) is 0 Å². The van der Waals surface area contributed by atoms with Gasteiger partial charge in [0, 0.05) is 48.7 Å². The predicted molar refractivity (Wildman–Crippen MR) is 130 cm³/mol. The van der Waals surface area contributed by atoms with Crippen LogP contribution in [-0.2, 0) is 11.3 Å². The van der Waals surface area contributed by atoms with Crippen LogP contribution in [0.3, 0.4) is 0 Å². The number of halogens is 1. The van der Waals surface area contributed by atoms with E-state index in [0.717, 1.165) is 43.5 Å². The molecule has 2 aromatic rings. The van der Waals surface area contributed by atoms with Gasteiger partial charge in [-0.2, -0.15) is 0 Å². The summed E-state index contributed by atoms with van der Waals surface area (Å²) in [6, 6.07) is 18.1. The van der Waals surface area contributed by atoms with Crippen LogP contribution in [0.4, 0.5) is 0 Å². The Morgan fingerprint density at radius 2 is 1.66 bits per heavy atom. The van der Waals surface area contributed by atoms with Crippen molar-refractivity contribution in [3.8, 4) is 0 Å². The molecule has 0 saturated carbocycles. The van der Waals surface area contributed by atoms with Crippen molar-refractivity contribution in [2.45, 2.75) is 32.2 Å². The molecule has 2 fully saturated rings. The zero-order valence-corrected chi connectivity index (χ0v) is 20.1. The van der Waals surface area contributed by atoms with Gasteiger partial charge in [0.25, 0.3) is 5.91 Å². The van der Waals surface area contributed by atoms with E-state index in [1.807, 2.05) is 29.2 Å². The first kappa shape index (κ1) is 23.0. The Morgan fingerprint density at radius 1 is 0.938 bits per heavy atom. The fourth-order valence-corrected chi connectivity index (χ4v) is 5.08. The predicted octanol–water partition coefficient (Wildman–Crippen LogP) is 4.33. The van der Waals surface area contributed by atoms with E-state index in [0.29, 0.717) is 24.6 Å². The Kier molecular flexibility index (Phi) is 7.98. The van der Waals surface area contributed by atoms with Gasteiger partial charge in [-0.1, -0.05) is 46.3 Å². The Bertz CT molecular complexity index is 895. The molecule has 0 radical (unpaired) electrons. The first-order valence-electron chi connectivity index (χ1n) is 11.7. The molecule has 1 atom stereocenters. The van der Waals surface area contributed by atoms with Crippen LogP contribution in [0, 0.1) is 11.8 Å². The molecule has 0 spiro atoms. The molecule has 32 heavy (non-hydrogen) atoms. The van der Waals surface area contributed by atoms with E-state index in [9.17, 15) is 9.59 Å². The van der Waals surface area contributed by atoms with Crippen LogP contribution >= 0.6 is 15.9 Å². The summed E-state index contributed by atoms with van der Waals surface area (Å²) in [7, 11) is 0. The number of likely N-dealkylation sites (tertiary alicyclic amines) is 2. The van der Waals surface area contributed by atoms with Crippen molar-refractivity contribution >= 4 is 27.7 Å². The van der Waals surface area contributed by atoms with Gasteiger partial charge < -0.3 is 10.2 Å². The highest BCUT2D eigenvalue weighted by Gasteiger charge is 2.28. The van der Waals surface area contributed by atoms with Crippen LogP contribution in [0.1, 0.15) is 41.6 Å². The summed E-state index contributed by atoms with van der Waals surface area (Å²) in [6.45, 7) is 5.18. The van der Waals surface area contributed by atoms with Crippen LogP contribution in [-0.4, -0.2) is 54.3 Å². The molecule has 1 N–H and O–H groups in total. The average molecular weight is 498 g/mol. The normalized spacial score (nSPS) is 20.2. The first-order chi connectivity index (χ1) is 15.6. The van der Waals surface area contributed by atoms with Crippen LogP contribution < -0.4 is 5.32 Å². The molecule has 5 nitrogen and oxygen atoms in total. The van der Waals surface area contributed by atoms with E-state index in [4.69, 9.17) is 0 Å². The third-order valence-electron chi connectivity index (χ3n) is 6.66. The Morgan fingerprint density at radius 3 is 2.38 bits per heavy atom. The summed E-state index contributed by atoms with van der Waals surface area (Å²) in [5, 5.41) is 3.21. The Hall–Kier alpha value is -2.18. The van der Waals surface area contributed by atoms with E-state index in [2.05, 4.69) is 56.5 Å². The van der Waals surface area contributed by atoms with E-state index >= 15 is 0 Å². The maximum absolute atomic E-state index is 12.8. The lowest BCUT2D eigenvalue weighted by atomic mass is 9.94. The van der Waals surface area contributed by atoms with Crippen LogP contribution in [0.15, 0.2) is 59.1 Å². The zero-order valence-electron chi connectivity index (χ0n) is 18.5.